The first kappa shape index (κ1) is 15.8. The second-order valence-corrected chi connectivity index (χ2v) is 4.98. The van der Waals surface area contributed by atoms with Crippen molar-refractivity contribution in [2.75, 3.05) is 37.6 Å². The summed E-state index contributed by atoms with van der Waals surface area (Å²) in [5, 5.41) is 11.9. The Labute approximate surface area is 129 Å². The van der Waals surface area contributed by atoms with Crippen molar-refractivity contribution in [2.24, 2.45) is 0 Å². The molecule has 2 rings (SSSR count). The van der Waals surface area contributed by atoms with E-state index in [1.54, 1.807) is 17.0 Å². The van der Waals surface area contributed by atoms with Gasteiger partial charge in [-0.3, -0.25) is 4.79 Å². The summed E-state index contributed by atoms with van der Waals surface area (Å²) >= 11 is 0. The number of halogens is 1. The summed E-state index contributed by atoms with van der Waals surface area (Å²) in [6, 6.07) is 8.27. The van der Waals surface area contributed by atoms with Gasteiger partial charge in [0, 0.05) is 44.6 Å². The molecule has 0 aliphatic carbocycles. The highest BCUT2D eigenvalue weighted by Crippen LogP contribution is 2.17. The lowest BCUT2D eigenvalue weighted by molar-refractivity contribution is -0.127. The predicted octanol–water partition coefficient (Wildman–Crippen LogP) is 1.49. The molecular formula is C16H19FN4O. The Balaban J connectivity index is 1.95. The second kappa shape index (κ2) is 7.46. The molecule has 1 saturated heterocycles. The van der Waals surface area contributed by atoms with Gasteiger partial charge in [-0.1, -0.05) is 0 Å². The van der Waals surface area contributed by atoms with E-state index in [4.69, 9.17) is 5.26 Å². The number of nitrogens with one attached hydrogen (secondary N) is 1. The van der Waals surface area contributed by atoms with Crippen molar-refractivity contribution in [1.82, 2.24) is 10.2 Å². The van der Waals surface area contributed by atoms with E-state index in [1.165, 1.54) is 18.3 Å². The number of carbonyl (C=O) groups is 1. The summed E-state index contributed by atoms with van der Waals surface area (Å²) < 4.78 is 12.9. The zero-order chi connectivity index (χ0) is 15.9. The van der Waals surface area contributed by atoms with E-state index < -0.39 is 0 Å². The monoisotopic (exact) mass is 302 g/mol. The third kappa shape index (κ3) is 3.76. The summed E-state index contributed by atoms with van der Waals surface area (Å²) in [6.45, 7) is 4.98. The molecule has 1 aromatic carbocycles. The molecule has 1 fully saturated rings. The van der Waals surface area contributed by atoms with Crippen molar-refractivity contribution in [2.45, 2.75) is 6.92 Å². The van der Waals surface area contributed by atoms with Gasteiger partial charge in [0.25, 0.3) is 5.91 Å². The van der Waals surface area contributed by atoms with E-state index in [1.807, 2.05) is 13.0 Å². The van der Waals surface area contributed by atoms with E-state index in [0.717, 1.165) is 5.69 Å². The quantitative estimate of drug-likeness (QED) is 0.676. The number of hydrogen-bond donors (Lipinski definition) is 1. The van der Waals surface area contributed by atoms with Crippen LogP contribution in [0.5, 0.6) is 0 Å². The van der Waals surface area contributed by atoms with Gasteiger partial charge < -0.3 is 15.1 Å². The Kier molecular flexibility index (Phi) is 5.37. The summed E-state index contributed by atoms with van der Waals surface area (Å²) in [5.74, 6) is -0.507. The van der Waals surface area contributed by atoms with Crippen LogP contribution in [0.4, 0.5) is 10.1 Å². The molecule has 1 N–H and O–H groups in total. The average Bonchev–Trinajstić information content (AvgIpc) is 2.56. The molecule has 0 atom stereocenters. The standard InChI is InChI=1S/C16H19FN4O/c1-2-19-12-13(11-18)16(22)21-9-7-20(8-10-21)15-5-3-14(17)4-6-15/h3-6,12,19H,2,7-10H2,1H3/b13-12-. The molecule has 1 aromatic rings. The molecule has 116 valence electrons. The Morgan fingerprint density at radius 3 is 2.50 bits per heavy atom. The number of anilines is 1. The third-order valence-electron chi connectivity index (χ3n) is 3.56. The first-order valence-electron chi connectivity index (χ1n) is 7.29. The molecule has 1 aliphatic rings. The fourth-order valence-corrected chi connectivity index (χ4v) is 2.34. The fraction of sp³-hybridized carbons (Fsp3) is 0.375. The van der Waals surface area contributed by atoms with Gasteiger partial charge in [0.2, 0.25) is 0 Å². The van der Waals surface area contributed by atoms with Gasteiger partial charge in [-0.2, -0.15) is 5.26 Å². The predicted molar refractivity (Wildman–Crippen MR) is 82.6 cm³/mol. The molecular weight excluding hydrogens is 283 g/mol. The Morgan fingerprint density at radius 1 is 1.32 bits per heavy atom. The van der Waals surface area contributed by atoms with Crippen molar-refractivity contribution >= 4 is 11.6 Å². The van der Waals surface area contributed by atoms with Gasteiger partial charge in [-0.05, 0) is 31.2 Å². The number of piperazine rings is 1. The number of nitriles is 1. The van der Waals surface area contributed by atoms with Gasteiger partial charge in [0.05, 0.1) is 0 Å². The molecule has 6 heteroatoms. The number of rotatable bonds is 4. The van der Waals surface area contributed by atoms with Crippen LogP contribution in [0.2, 0.25) is 0 Å². The molecule has 1 heterocycles. The smallest absolute Gasteiger partial charge is 0.266 e. The minimum atomic E-state index is -0.259. The molecule has 5 nitrogen and oxygen atoms in total. The first-order valence-corrected chi connectivity index (χ1v) is 7.29. The van der Waals surface area contributed by atoms with Crippen LogP contribution in [-0.4, -0.2) is 43.5 Å². The van der Waals surface area contributed by atoms with Crippen molar-refractivity contribution in [1.29, 1.82) is 5.26 Å². The van der Waals surface area contributed by atoms with E-state index in [9.17, 15) is 9.18 Å². The van der Waals surface area contributed by atoms with Crippen molar-refractivity contribution in [3.63, 3.8) is 0 Å². The number of hydrogen-bond acceptors (Lipinski definition) is 4. The maximum Gasteiger partial charge on any atom is 0.266 e. The van der Waals surface area contributed by atoms with Crippen LogP contribution in [0.15, 0.2) is 36.0 Å². The maximum absolute atomic E-state index is 12.9. The Hall–Kier alpha value is -2.55. The maximum atomic E-state index is 12.9. The minimum absolute atomic E-state index is 0.122. The van der Waals surface area contributed by atoms with Crippen LogP contribution in [-0.2, 0) is 4.79 Å². The molecule has 0 aromatic heterocycles. The van der Waals surface area contributed by atoms with E-state index in [0.29, 0.717) is 32.7 Å². The van der Waals surface area contributed by atoms with Crippen molar-refractivity contribution in [3.05, 3.63) is 41.9 Å². The zero-order valence-corrected chi connectivity index (χ0v) is 12.6. The molecule has 0 spiro atoms. The van der Waals surface area contributed by atoms with Crippen LogP contribution in [0.25, 0.3) is 0 Å². The van der Waals surface area contributed by atoms with Gasteiger partial charge in [0.1, 0.15) is 17.5 Å². The van der Waals surface area contributed by atoms with Gasteiger partial charge in [-0.15, -0.1) is 0 Å². The lowest BCUT2D eigenvalue weighted by Crippen LogP contribution is -2.49. The highest BCUT2D eigenvalue weighted by Gasteiger charge is 2.23. The molecule has 0 radical (unpaired) electrons. The largest absolute Gasteiger partial charge is 0.390 e. The highest BCUT2D eigenvalue weighted by atomic mass is 19.1. The van der Waals surface area contributed by atoms with Crippen molar-refractivity contribution in [3.8, 4) is 6.07 Å². The molecule has 0 saturated carbocycles. The van der Waals surface area contributed by atoms with Crippen molar-refractivity contribution < 1.29 is 9.18 Å². The molecule has 0 unspecified atom stereocenters. The van der Waals surface area contributed by atoms with Crippen LogP contribution < -0.4 is 10.2 Å². The first-order chi connectivity index (χ1) is 10.7. The van der Waals surface area contributed by atoms with Gasteiger partial charge >= 0.3 is 0 Å². The zero-order valence-electron chi connectivity index (χ0n) is 12.6. The molecule has 1 amide bonds. The number of benzene rings is 1. The third-order valence-corrected chi connectivity index (χ3v) is 3.56. The van der Waals surface area contributed by atoms with Crippen LogP contribution >= 0.6 is 0 Å². The van der Waals surface area contributed by atoms with Crippen LogP contribution in [0, 0.1) is 17.1 Å². The lowest BCUT2D eigenvalue weighted by atomic mass is 10.2. The lowest BCUT2D eigenvalue weighted by Gasteiger charge is -2.36. The Bertz CT molecular complexity index is 583. The van der Waals surface area contributed by atoms with E-state index >= 15 is 0 Å². The SMILES string of the molecule is CCN/C=C(/C#N)C(=O)N1CCN(c2ccc(F)cc2)CC1. The molecule has 1 aliphatic heterocycles. The number of carbonyl (C=O) groups excluding carboxylic acids is 1. The topological polar surface area (TPSA) is 59.4 Å². The number of nitrogens with zero attached hydrogens (tertiary/aromatic N) is 3. The van der Waals surface area contributed by atoms with Crippen LogP contribution in [0.3, 0.4) is 0 Å². The molecule has 0 bridgehead atoms. The average molecular weight is 302 g/mol. The minimum Gasteiger partial charge on any atom is -0.390 e. The molecule has 22 heavy (non-hydrogen) atoms. The van der Waals surface area contributed by atoms with Crippen LogP contribution in [0.1, 0.15) is 6.92 Å². The highest BCUT2D eigenvalue weighted by molar-refractivity contribution is 5.97. The number of amides is 1. The second-order valence-electron chi connectivity index (χ2n) is 4.98. The summed E-state index contributed by atoms with van der Waals surface area (Å²) in [7, 11) is 0. The van der Waals surface area contributed by atoms with E-state index in [-0.39, 0.29) is 17.3 Å². The van der Waals surface area contributed by atoms with Gasteiger partial charge in [0.15, 0.2) is 0 Å². The summed E-state index contributed by atoms with van der Waals surface area (Å²) in [5.41, 5.74) is 1.06. The van der Waals surface area contributed by atoms with E-state index in [2.05, 4.69) is 10.2 Å². The van der Waals surface area contributed by atoms with Gasteiger partial charge in [-0.25, -0.2) is 4.39 Å². The summed E-state index contributed by atoms with van der Waals surface area (Å²) in [4.78, 5) is 16.0. The Morgan fingerprint density at radius 2 is 1.95 bits per heavy atom. The fourth-order valence-electron chi connectivity index (χ4n) is 2.34. The summed E-state index contributed by atoms with van der Waals surface area (Å²) in [6.07, 6.45) is 1.47. The normalized spacial score (nSPS) is 15.4.